The molecule has 0 radical (unpaired) electrons. The third-order valence-electron chi connectivity index (χ3n) is 11.0. The molecule has 0 saturated heterocycles. The molecule has 31 heavy (non-hydrogen) atoms. The number of allylic oxidation sites excluding steroid dienone is 2. The topological polar surface area (TPSA) is 26.3 Å². The molecule has 3 saturated carbocycles. The lowest BCUT2D eigenvalue weighted by Crippen LogP contribution is -2.50. The summed E-state index contributed by atoms with van der Waals surface area (Å²) < 4.78 is 5.01. The smallest absolute Gasteiger partial charge is 0.311 e. The van der Waals surface area contributed by atoms with Gasteiger partial charge < -0.3 is 4.74 Å². The van der Waals surface area contributed by atoms with Crippen molar-refractivity contribution < 1.29 is 9.53 Å². The molecule has 2 heteroatoms. The van der Waals surface area contributed by atoms with Crippen molar-refractivity contribution in [2.24, 2.45) is 45.8 Å². The molecule has 176 valence electrons. The minimum atomic E-state index is -0.350. The zero-order valence-corrected chi connectivity index (χ0v) is 21.3. The van der Waals surface area contributed by atoms with Crippen LogP contribution in [0.5, 0.6) is 0 Å². The number of hydrogen-bond donors (Lipinski definition) is 0. The van der Waals surface area contributed by atoms with E-state index < -0.39 is 0 Å². The largest absolute Gasteiger partial charge is 0.469 e. The predicted octanol–water partition coefficient (Wildman–Crippen LogP) is 7.96. The van der Waals surface area contributed by atoms with Crippen molar-refractivity contribution in [1.29, 1.82) is 0 Å². The lowest BCUT2D eigenvalue weighted by Gasteiger charge is -2.58. The summed E-state index contributed by atoms with van der Waals surface area (Å²) in [6, 6.07) is 0. The van der Waals surface area contributed by atoms with Crippen LogP contribution in [-0.4, -0.2) is 13.1 Å². The van der Waals surface area contributed by atoms with Gasteiger partial charge in [-0.25, -0.2) is 0 Å². The van der Waals surface area contributed by atoms with Gasteiger partial charge in [-0.05, 0) is 118 Å². The zero-order valence-electron chi connectivity index (χ0n) is 21.3. The molecular weight excluding hydrogens is 380 g/mol. The van der Waals surface area contributed by atoms with E-state index in [1.807, 2.05) is 19.4 Å². The van der Waals surface area contributed by atoms with Gasteiger partial charge in [-0.15, -0.1) is 0 Å². The van der Waals surface area contributed by atoms with Crippen LogP contribution < -0.4 is 0 Å². The van der Waals surface area contributed by atoms with E-state index in [1.165, 1.54) is 71.3 Å². The molecule has 0 aromatic carbocycles. The van der Waals surface area contributed by atoms with Gasteiger partial charge in [-0.3, -0.25) is 4.79 Å². The number of esters is 1. The van der Waals surface area contributed by atoms with Crippen molar-refractivity contribution in [1.82, 2.24) is 0 Å². The summed E-state index contributed by atoms with van der Waals surface area (Å²) in [7, 11) is 1.51. The Hall–Kier alpha value is -0.790. The fourth-order valence-electron chi connectivity index (χ4n) is 9.17. The zero-order chi connectivity index (χ0) is 22.4. The Morgan fingerprint density at radius 1 is 1.16 bits per heavy atom. The molecule has 0 spiro atoms. The molecule has 4 aliphatic carbocycles. The first kappa shape index (κ1) is 23.4. The molecule has 3 fully saturated rings. The minimum Gasteiger partial charge on any atom is -0.469 e. The summed E-state index contributed by atoms with van der Waals surface area (Å²) in [4.78, 5) is 12.0. The van der Waals surface area contributed by atoms with E-state index in [4.69, 9.17) is 4.74 Å². The third-order valence-corrected chi connectivity index (χ3v) is 11.0. The molecular formula is C29H48O2. The van der Waals surface area contributed by atoms with E-state index in [1.54, 1.807) is 0 Å². The molecule has 0 aromatic heterocycles. The first-order valence-corrected chi connectivity index (χ1v) is 13.4. The van der Waals surface area contributed by atoms with Crippen molar-refractivity contribution in [3.05, 3.63) is 11.6 Å². The summed E-state index contributed by atoms with van der Waals surface area (Å²) in [5, 5.41) is 0. The molecule has 0 N–H and O–H groups in total. The average Bonchev–Trinajstić information content (AvgIpc) is 3.09. The van der Waals surface area contributed by atoms with Crippen molar-refractivity contribution in [3.63, 3.8) is 0 Å². The highest BCUT2D eigenvalue weighted by atomic mass is 16.5. The quantitative estimate of drug-likeness (QED) is 0.317. The maximum atomic E-state index is 12.0. The molecule has 7 atom stereocenters. The van der Waals surface area contributed by atoms with Crippen LogP contribution in [0.2, 0.25) is 0 Å². The van der Waals surface area contributed by atoms with E-state index in [2.05, 4.69) is 26.8 Å². The number of ether oxygens (including phenoxy) is 1. The van der Waals surface area contributed by atoms with Gasteiger partial charge in [0, 0.05) is 0 Å². The Kier molecular flexibility index (Phi) is 6.43. The van der Waals surface area contributed by atoms with Crippen LogP contribution in [0, 0.1) is 45.8 Å². The van der Waals surface area contributed by atoms with Gasteiger partial charge in [-0.2, -0.15) is 0 Å². The molecule has 0 amide bonds. The summed E-state index contributed by atoms with van der Waals surface area (Å²) in [6.07, 6.45) is 18.8. The van der Waals surface area contributed by atoms with Crippen molar-refractivity contribution in [2.75, 3.05) is 7.11 Å². The molecule has 0 aliphatic heterocycles. The Balaban J connectivity index is 1.41. The normalized spacial score (nSPS) is 40.9. The molecule has 0 heterocycles. The lowest BCUT2D eigenvalue weighted by atomic mass is 9.46. The van der Waals surface area contributed by atoms with Crippen LogP contribution in [0.1, 0.15) is 112 Å². The van der Waals surface area contributed by atoms with Crippen LogP contribution in [0.25, 0.3) is 0 Å². The second-order valence-corrected chi connectivity index (χ2v) is 12.9. The van der Waals surface area contributed by atoms with Gasteiger partial charge >= 0.3 is 5.97 Å². The third kappa shape index (κ3) is 3.93. The van der Waals surface area contributed by atoms with Crippen LogP contribution >= 0.6 is 0 Å². The highest BCUT2D eigenvalue weighted by Crippen LogP contribution is 2.67. The highest BCUT2D eigenvalue weighted by Gasteiger charge is 2.59. The number of fused-ring (bicyclic) bond motifs is 5. The predicted molar refractivity (Wildman–Crippen MR) is 129 cm³/mol. The Morgan fingerprint density at radius 3 is 2.68 bits per heavy atom. The number of methoxy groups -OCH3 is 1. The first-order chi connectivity index (χ1) is 14.6. The molecule has 4 aliphatic rings. The number of carbonyl (C=O) groups excluding carboxylic acids is 1. The Morgan fingerprint density at radius 2 is 1.94 bits per heavy atom. The molecule has 0 unspecified atom stereocenters. The summed E-state index contributed by atoms with van der Waals surface area (Å²) in [5.74, 6) is 4.44. The highest BCUT2D eigenvalue weighted by molar-refractivity contribution is 5.75. The average molecular weight is 429 g/mol. The second kappa shape index (κ2) is 8.53. The summed E-state index contributed by atoms with van der Waals surface area (Å²) in [5.41, 5.74) is 2.55. The van der Waals surface area contributed by atoms with E-state index >= 15 is 0 Å². The van der Waals surface area contributed by atoms with E-state index in [-0.39, 0.29) is 11.4 Å². The summed E-state index contributed by atoms with van der Waals surface area (Å²) >= 11 is 0. The van der Waals surface area contributed by atoms with Gasteiger partial charge in [-0.1, -0.05) is 45.3 Å². The van der Waals surface area contributed by atoms with Crippen molar-refractivity contribution in [2.45, 2.75) is 112 Å². The SMILES string of the molecule is COC(=O)C(C)(C)CCC[C@@H](C)[C@H]1CC[C@H]2[C@@H]3CCC4=CCCC[C@]4(C)[C@H]3CC[C@]12C. The molecule has 0 aromatic rings. The fraction of sp³-hybridized carbons (Fsp3) is 0.897. The fourth-order valence-corrected chi connectivity index (χ4v) is 9.17. The van der Waals surface area contributed by atoms with Crippen LogP contribution in [0.4, 0.5) is 0 Å². The number of carbonyl (C=O) groups is 1. The van der Waals surface area contributed by atoms with Gasteiger partial charge in [0.25, 0.3) is 0 Å². The molecule has 4 rings (SSSR count). The maximum absolute atomic E-state index is 12.0. The van der Waals surface area contributed by atoms with E-state index in [0.29, 0.717) is 10.8 Å². The molecule has 2 nitrogen and oxygen atoms in total. The second-order valence-electron chi connectivity index (χ2n) is 12.9. The van der Waals surface area contributed by atoms with Crippen molar-refractivity contribution >= 4 is 5.97 Å². The van der Waals surface area contributed by atoms with Crippen LogP contribution in [0.15, 0.2) is 11.6 Å². The van der Waals surface area contributed by atoms with E-state index in [0.717, 1.165) is 42.4 Å². The number of rotatable bonds is 6. The standard InChI is InChI=1S/C29H48O2/c1-20(10-9-17-27(2,3)26(30)31-6)23-14-15-24-22-13-12-21-11-7-8-18-28(21,4)25(22)16-19-29(23,24)5/h11,20,22-25H,7-10,12-19H2,1-6H3/t20-,22+,23-,24+,25+,28+,29-/m1/s1. The lowest BCUT2D eigenvalue weighted by molar-refractivity contribution is -0.151. The van der Waals surface area contributed by atoms with Crippen LogP contribution in [0.3, 0.4) is 0 Å². The minimum absolute atomic E-state index is 0.0618. The Labute approximate surface area is 192 Å². The van der Waals surface area contributed by atoms with Gasteiger partial charge in [0.05, 0.1) is 12.5 Å². The number of hydrogen-bond acceptors (Lipinski definition) is 2. The summed E-state index contributed by atoms with van der Waals surface area (Å²) in [6.45, 7) is 11.9. The molecule has 0 bridgehead atoms. The maximum Gasteiger partial charge on any atom is 0.311 e. The van der Waals surface area contributed by atoms with Crippen LogP contribution in [-0.2, 0) is 9.53 Å². The Bertz CT molecular complexity index is 706. The van der Waals surface area contributed by atoms with Gasteiger partial charge in [0.15, 0.2) is 0 Å². The first-order valence-electron chi connectivity index (χ1n) is 13.4. The van der Waals surface area contributed by atoms with Crippen molar-refractivity contribution in [3.8, 4) is 0 Å². The van der Waals surface area contributed by atoms with E-state index in [9.17, 15) is 4.79 Å². The van der Waals surface area contributed by atoms with Gasteiger partial charge in [0.2, 0.25) is 0 Å². The van der Waals surface area contributed by atoms with Gasteiger partial charge in [0.1, 0.15) is 0 Å². The monoisotopic (exact) mass is 428 g/mol.